The van der Waals surface area contributed by atoms with Crippen LogP contribution in [0.4, 0.5) is 5.82 Å². The highest BCUT2D eigenvalue weighted by atomic mass is 16.5. The van der Waals surface area contributed by atoms with Crippen molar-refractivity contribution >= 4 is 5.82 Å². The predicted molar refractivity (Wildman–Crippen MR) is 68.3 cm³/mol. The van der Waals surface area contributed by atoms with E-state index in [0.717, 1.165) is 22.7 Å². The number of benzene rings is 1. The second-order valence-electron chi connectivity index (χ2n) is 3.71. The summed E-state index contributed by atoms with van der Waals surface area (Å²) in [6.07, 6.45) is 1.81. The summed E-state index contributed by atoms with van der Waals surface area (Å²) in [7, 11) is 3.50. The average Bonchev–Trinajstić information content (AvgIpc) is 2.39. The van der Waals surface area contributed by atoms with Gasteiger partial charge in [0.25, 0.3) is 0 Å². The van der Waals surface area contributed by atoms with Crippen LogP contribution in [0.3, 0.4) is 0 Å². The first-order chi connectivity index (χ1) is 8.24. The summed E-state index contributed by atoms with van der Waals surface area (Å²) < 4.78 is 5.19. The summed E-state index contributed by atoms with van der Waals surface area (Å²) in [5.74, 6) is 2.34. The van der Waals surface area contributed by atoms with E-state index in [1.54, 1.807) is 7.11 Å². The zero-order valence-electron chi connectivity index (χ0n) is 10.2. The van der Waals surface area contributed by atoms with Gasteiger partial charge in [-0.05, 0) is 19.1 Å². The number of hydrogen-bond donors (Lipinski definition) is 1. The van der Waals surface area contributed by atoms with Crippen LogP contribution in [0.15, 0.2) is 30.5 Å². The van der Waals surface area contributed by atoms with Gasteiger partial charge in [-0.2, -0.15) is 0 Å². The zero-order valence-corrected chi connectivity index (χ0v) is 10.2. The Kier molecular flexibility index (Phi) is 3.23. The lowest BCUT2D eigenvalue weighted by molar-refractivity contribution is 0.415. The molecule has 0 radical (unpaired) electrons. The number of methoxy groups -OCH3 is 1. The van der Waals surface area contributed by atoms with Crippen molar-refractivity contribution in [3.05, 3.63) is 36.0 Å². The number of aromatic nitrogens is 2. The van der Waals surface area contributed by atoms with Crippen LogP contribution in [0.2, 0.25) is 0 Å². The maximum absolute atomic E-state index is 5.19. The standard InChI is InChI=1S/C13H15N3O/c1-9-8-15-13(16-12(9)14-2)10-5-4-6-11(7-10)17-3/h4-8H,1-3H3,(H,14,15,16). The fraction of sp³-hybridized carbons (Fsp3) is 0.231. The normalized spacial score (nSPS) is 10.1. The Bertz CT molecular complexity index is 526. The number of nitrogens with one attached hydrogen (secondary N) is 1. The van der Waals surface area contributed by atoms with Crippen LogP contribution >= 0.6 is 0 Å². The van der Waals surface area contributed by atoms with Crippen LogP contribution < -0.4 is 10.1 Å². The third kappa shape index (κ3) is 2.36. The monoisotopic (exact) mass is 229 g/mol. The Balaban J connectivity index is 2.45. The summed E-state index contributed by atoms with van der Waals surface area (Å²) in [5.41, 5.74) is 1.97. The quantitative estimate of drug-likeness (QED) is 0.878. The summed E-state index contributed by atoms with van der Waals surface area (Å²) in [6, 6.07) is 7.71. The summed E-state index contributed by atoms with van der Waals surface area (Å²) >= 11 is 0. The predicted octanol–water partition coefficient (Wildman–Crippen LogP) is 2.50. The first-order valence-electron chi connectivity index (χ1n) is 5.40. The molecule has 0 spiro atoms. The van der Waals surface area contributed by atoms with Crippen LogP contribution in [0.25, 0.3) is 11.4 Å². The van der Waals surface area contributed by atoms with Crippen LogP contribution in [0.5, 0.6) is 5.75 Å². The molecule has 2 rings (SSSR count). The molecule has 0 fully saturated rings. The van der Waals surface area contributed by atoms with Crippen molar-refractivity contribution in [3.8, 4) is 17.1 Å². The van der Waals surface area contributed by atoms with Crippen molar-refractivity contribution in [2.45, 2.75) is 6.92 Å². The number of anilines is 1. The minimum absolute atomic E-state index is 0.693. The van der Waals surface area contributed by atoms with Gasteiger partial charge in [0.15, 0.2) is 5.82 Å². The van der Waals surface area contributed by atoms with Crippen LogP contribution in [-0.4, -0.2) is 24.1 Å². The van der Waals surface area contributed by atoms with Gasteiger partial charge in [0.1, 0.15) is 11.6 Å². The zero-order chi connectivity index (χ0) is 12.3. The van der Waals surface area contributed by atoms with Gasteiger partial charge in [-0.25, -0.2) is 9.97 Å². The molecule has 2 aromatic rings. The fourth-order valence-corrected chi connectivity index (χ4v) is 1.60. The van der Waals surface area contributed by atoms with Gasteiger partial charge in [-0.1, -0.05) is 12.1 Å². The maximum Gasteiger partial charge on any atom is 0.161 e. The van der Waals surface area contributed by atoms with Crippen molar-refractivity contribution in [2.75, 3.05) is 19.5 Å². The van der Waals surface area contributed by atoms with Gasteiger partial charge in [0, 0.05) is 24.4 Å². The van der Waals surface area contributed by atoms with Gasteiger partial charge in [0.2, 0.25) is 0 Å². The minimum atomic E-state index is 0.693. The molecule has 0 saturated heterocycles. The average molecular weight is 229 g/mol. The van der Waals surface area contributed by atoms with Crippen molar-refractivity contribution in [2.24, 2.45) is 0 Å². The highest BCUT2D eigenvalue weighted by Gasteiger charge is 2.05. The molecule has 0 amide bonds. The first kappa shape index (κ1) is 11.4. The smallest absolute Gasteiger partial charge is 0.161 e. The molecule has 0 aliphatic carbocycles. The molecule has 1 heterocycles. The van der Waals surface area contributed by atoms with E-state index in [-0.39, 0.29) is 0 Å². The van der Waals surface area contributed by atoms with E-state index in [4.69, 9.17) is 4.74 Å². The van der Waals surface area contributed by atoms with Crippen LogP contribution in [-0.2, 0) is 0 Å². The lowest BCUT2D eigenvalue weighted by atomic mass is 10.2. The molecule has 0 atom stereocenters. The van der Waals surface area contributed by atoms with Gasteiger partial charge >= 0.3 is 0 Å². The molecular formula is C13H15N3O. The Hall–Kier alpha value is -2.10. The maximum atomic E-state index is 5.19. The molecule has 4 nitrogen and oxygen atoms in total. The number of hydrogen-bond acceptors (Lipinski definition) is 4. The molecule has 0 unspecified atom stereocenters. The number of ether oxygens (including phenoxy) is 1. The van der Waals surface area contributed by atoms with Gasteiger partial charge in [0.05, 0.1) is 7.11 Å². The Morgan fingerprint density at radius 1 is 1.29 bits per heavy atom. The van der Waals surface area contributed by atoms with E-state index >= 15 is 0 Å². The van der Waals surface area contributed by atoms with E-state index in [2.05, 4.69) is 15.3 Å². The number of rotatable bonds is 3. The SMILES string of the molecule is CNc1nc(-c2cccc(OC)c2)ncc1C. The van der Waals surface area contributed by atoms with Crippen molar-refractivity contribution in [3.63, 3.8) is 0 Å². The molecule has 88 valence electrons. The van der Waals surface area contributed by atoms with E-state index in [9.17, 15) is 0 Å². The topological polar surface area (TPSA) is 47.0 Å². The molecule has 17 heavy (non-hydrogen) atoms. The molecule has 0 aliphatic rings. The highest BCUT2D eigenvalue weighted by Crippen LogP contribution is 2.22. The van der Waals surface area contributed by atoms with E-state index < -0.39 is 0 Å². The molecule has 1 aromatic heterocycles. The summed E-state index contributed by atoms with van der Waals surface area (Å²) in [4.78, 5) is 8.78. The molecule has 0 saturated carbocycles. The molecule has 1 N–H and O–H groups in total. The lowest BCUT2D eigenvalue weighted by Crippen LogP contribution is -1.99. The van der Waals surface area contributed by atoms with Crippen molar-refractivity contribution < 1.29 is 4.74 Å². The molecular weight excluding hydrogens is 214 g/mol. The van der Waals surface area contributed by atoms with Gasteiger partial charge < -0.3 is 10.1 Å². The second-order valence-corrected chi connectivity index (χ2v) is 3.71. The fourth-order valence-electron chi connectivity index (χ4n) is 1.60. The Morgan fingerprint density at radius 3 is 2.82 bits per heavy atom. The second kappa shape index (κ2) is 4.82. The van der Waals surface area contributed by atoms with Gasteiger partial charge in [-0.3, -0.25) is 0 Å². The Labute approximate surface area is 101 Å². The third-order valence-corrected chi connectivity index (χ3v) is 2.54. The minimum Gasteiger partial charge on any atom is -0.497 e. The number of aryl methyl sites for hydroxylation is 1. The highest BCUT2D eigenvalue weighted by molar-refractivity contribution is 5.60. The lowest BCUT2D eigenvalue weighted by Gasteiger charge is -2.07. The first-order valence-corrected chi connectivity index (χ1v) is 5.40. The third-order valence-electron chi connectivity index (χ3n) is 2.54. The summed E-state index contributed by atoms with van der Waals surface area (Å²) in [6.45, 7) is 1.97. The molecule has 0 aliphatic heterocycles. The Morgan fingerprint density at radius 2 is 2.12 bits per heavy atom. The van der Waals surface area contributed by atoms with Crippen LogP contribution in [0.1, 0.15) is 5.56 Å². The van der Waals surface area contributed by atoms with Gasteiger partial charge in [-0.15, -0.1) is 0 Å². The number of nitrogens with zero attached hydrogens (tertiary/aromatic N) is 2. The van der Waals surface area contributed by atoms with Crippen molar-refractivity contribution in [1.29, 1.82) is 0 Å². The van der Waals surface area contributed by atoms with Crippen LogP contribution in [0, 0.1) is 6.92 Å². The molecule has 4 heteroatoms. The largest absolute Gasteiger partial charge is 0.497 e. The molecule has 1 aromatic carbocycles. The molecule has 0 bridgehead atoms. The van der Waals surface area contributed by atoms with E-state index in [1.807, 2.05) is 44.4 Å². The van der Waals surface area contributed by atoms with E-state index in [0.29, 0.717) is 5.82 Å². The van der Waals surface area contributed by atoms with E-state index in [1.165, 1.54) is 0 Å². The van der Waals surface area contributed by atoms with Crippen molar-refractivity contribution in [1.82, 2.24) is 9.97 Å². The summed E-state index contributed by atoms with van der Waals surface area (Å²) in [5, 5.41) is 3.05.